The molecule has 0 bridgehead atoms. The van der Waals surface area contributed by atoms with Gasteiger partial charge in [-0.25, -0.2) is 0 Å². The van der Waals surface area contributed by atoms with Gasteiger partial charge in [-0.15, -0.1) is 0 Å². The molecule has 0 aliphatic carbocycles. The average molecular weight is 332 g/mol. The number of aromatic nitrogens is 2. The molecule has 0 saturated carbocycles. The molecule has 100 valence electrons. The summed E-state index contributed by atoms with van der Waals surface area (Å²) in [7, 11) is 0. The van der Waals surface area contributed by atoms with Crippen LogP contribution < -0.4 is 5.32 Å². The summed E-state index contributed by atoms with van der Waals surface area (Å²) < 4.78 is 5.68. The fourth-order valence-corrected chi connectivity index (χ4v) is 2.07. The number of anilines is 1. The third-order valence-corrected chi connectivity index (χ3v) is 3.13. The highest BCUT2D eigenvalue weighted by molar-refractivity contribution is 9.10. The molecule has 3 rings (SSSR count). The Morgan fingerprint density at radius 1 is 1.20 bits per heavy atom. The predicted octanol–water partition coefficient (Wildman–Crippen LogP) is 3.68. The first-order valence-corrected chi connectivity index (χ1v) is 6.69. The van der Waals surface area contributed by atoms with Crippen molar-refractivity contribution in [3.05, 3.63) is 59.0 Å². The Balaban J connectivity index is 1.76. The van der Waals surface area contributed by atoms with Crippen molar-refractivity contribution >= 4 is 27.7 Å². The number of amides is 1. The summed E-state index contributed by atoms with van der Waals surface area (Å²) in [6.45, 7) is 0. The van der Waals surface area contributed by atoms with Crippen molar-refractivity contribution in [2.75, 3.05) is 5.32 Å². The lowest BCUT2D eigenvalue weighted by Crippen LogP contribution is -2.10. The first-order valence-electron chi connectivity index (χ1n) is 5.90. The molecule has 0 radical (unpaired) electrons. The molecule has 3 aromatic rings. The maximum absolute atomic E-state index is 11.9. The van der Waals surface area contributed by atoms with Crippen molar-refractivity contribution in [2.24, 2.45) is 0 Å². The van der Waals surface area contributed by atoms with Crippen LogP contribution in [0.25, 0.3) is 11.3 Å². The molecule has 0 unspecified atom stereocenters. The van der Waals surface area contributed by atoms with E-state index in [1.54, 1.807) is 18.2 Å². The Morgan fingerprint density at radius 2 is 2.00 bits per heavy atom. The van der Waals surface area contributed by atoms with E-state index >= 15 is 0 Å². The minimum absolute atomic E-state index is 0.223. The van der Waals surface area contributed by atoms with Crippen LogP contribution in [0.4, 0.5) is 5.82 Å². The van der Waals surface area contributed by atoms with E-state index in [2.05, 4.69) is 31.4 Å². The number of halogens is 1. The minimum atomic E-state index is -0.346. The van der Waals surface area contributed by atoms with Gasteiger partial charge in [-0.05, 0) is 33.6 Å². The number of benzene rings is 1. The van der Waals surface area contributed by atoms with Crippen LogP contribution in [0.1, 0.15) is 10.6 Å². The van der Waals surface area contributed by atoms with Crippen molar-refractivity contribution in [1.82, 2.24) is 10.2 Å². The fourth-order valence-electron chi connectivity index (χ4n) is 1.77. The molecule has 2 N–H and O–H groups in total. The second kappa shape index (κ2) is 5.34. The van der Waals surface area contributed by atoms with Gasteiger partial charge >= 0.3 is 0 Å². The van der Waals surface area contributed by atoms with Gasteiger partial charge in [0.1, 0.15) is 0 Å². The van der Waals surface area contributed by atoms with Crippen molar-refractivity contribution in [3.63, 3.8) is 0 Å². The van der Waals surface area contributed by atoms with E-state index in [4.69, 9.17) is 4.42 Å². The standard InChI is InChI=1S/C14H10BrN3O2/c15-12-7-6-11(20-12)14(19)16-13-8-10(17-18-13)9-4-2-1-3-5-9/h1-8H,(H2,16,17,18,19). The Morgan fingerprint density at radius 3 is 2.70 bits per heavy atom. The summed E-state index contributed by atoms with van der Waals surface area (Å²) in [6.07, 6.45) is 0. The molecule has 2 heterocycles. The van der Waals surface area contributed by atoms with Crippen LogP contribution >= 0.6 is 15.9 Å². The molecule has 0 saturated heterocycles. The number of carbonyl (C=O) groups excluding carboxylic acids is 1. The SMILES string of the molecule is O=C(Nc1cc(-c2ccccc2)[nH]n1)c1ccc(Br)o1. The Bertz CT molecular complexity index is 734. The molecule has 1 amide bonds. The van der Waals surface area contributed by atoms with Crippen molar-refractivity contribution in [2.45, 2.75) is 0 Å². The molecule has 0 aliphatic rings. The first-order chi connectivity index (χ1) is 9.72. The van der Waals surface area contributed by atoms with Gasteiger partial charge in [-0.3, -0.25) is 9.89 Å². The van der Waals surface area contributed by atoms with Gasteiger partial charge in [0.05, 0.1) is 5.69 Å². The Kier molecular flexibility index (Phi) is 3.39. The van der Waals surface area contributed by atoms with E-state index in [1.165, 1.54) is 0 Å². The van der Waals surface area contributed by atoms with Crippen molar-refractivity contribution in [3.8, 4) is 11.3 Å². The zero-order chi connectivity index (χ0) is 13.9. The van der Waals surface area contributed by atoms with Crippen LogP contribution in [-0.4, -0.2) is 16.1 Å². The quantitative estimate of drug-likeness (QED) is 0.768. The molecule has 2 aromatic heterocycles. The van der Waals surface area contributed by atoms with Crippen LogP contribution in [-0.2, 0) is 0 Å². The number of rotatable bonds is 3. The molecule has 0 fully saturated rings. The number of nitrogens with one attached hydrogen (secondary N) is 2. The van der Waals surface area contributed by atoms with Gasteiger partial charge in [0.15, 0.2) is 16.2 Å². The van der Waals surface area contributed by atoms with Gasteiger partial charge < -0.3 is 9.73 Å². The van der Waals surface area contributed by atoms with Crippen LogP contribution in [0.5, 0.6) is 0 Å². The maximum atomic E-state index is 11.9. The van der Waals surface area contributed by atoms with Crippen LogP contribution in [0.15, 0.2) is 57.6 Å². The maximum Gasteiger partial charge on any atom is 0.292 e. The van der Waals surface area contributed by atoms with Gasteiger partial charge in [-0.2, -0.15) is 5.10 Å². The van der Waals surface area contributed by atoms with E-state index in [0.29, 0.717) is 10.5 Å². The van der Waals surface area contributed by atoms with Crippen LogP contribution in [0.2, 0.25) is 0 Å². The molecule has 5 nitrogen and oxygen atoms in total. The minimum Gasteiger partial charge on any atom is -0.444 e. The van der Waals surface area contributed by atoms with E-state index in [1.807, 2.05) is 30.3 Å². The topological polar surface area (TPSA) is 70.9 Å². The van der Waals surface area contributed by atoms with E-state index in [9.17, 15) is 4.79 Å². The molecule has 0 spiro atoms. The number of furan rings is 1. The summed E-state index contributed by atoms with van der Waals surface area (Å²) in [5.74, 6) is 0.323. The van der Waals surface area contributed by atoms with Gasteiger partial charge in [-0.1, -0.05) is 30.3 Å². The second-order valence-electron chi connectivity index (χ2n) is 4.09. The third-order valence-electron chi connectivity index (χ3n) is 2.70. The van der Waals surface area contributed by atoms with Crippen LogP contribution in [0.3, 0.4) is 0 Å². The number of hydrogen-bond donors (Lipinski definition) is 2. The highest BCUT2D eigenvalue weighted by Gasteiger charge is 2.12. The van der Waals surface area contributed by atoms with Crippen LogP contribution in [0, 0.1) is 0 Å². The van der Waals surface area contributed by atoms with E-state index in [-0.39, 0.29) is 11.7 Å². The second-order valence-corrected chi connectivity index (χ2v) is 4.87. The summed E-state index contributed by atoms with van der Waals surface area (Å²) in [6, 6.07) is 14.8. The molecular formula is C14H10BrN3O2. The predicted molar refractivity (Wildman–Crippen MR) is 78.4 cm³/mol. The largest absolute Gasteiger partial charge is 0.444 e. The Labute approximate surface area is 123 Å². The molecule has 20 heavy (non-hydrogen) atoms. The molecule has 1 aromatic carbocycles. The molecule has 6 heteroatoms. The summed E-state index contributed by atoms with van der Waals surface area (Å²) in [4.78, 5) is 11.9. The molecule has 0 atom stereocenters. The lowest BCUT2D eigenvalue weighted by molar-refractivity contribution is 0.0995. The third kappa shape index (κ3) is 2.65. The normalized spacial score (nSPS) is 10.4. The number of nitrogens with zero attached hydrogens (tertiary/aromatic N) is 1. The fraction of sp³-hybridized carbons (Fsp3) is 0. The summed E-state index contributed by atoms with van der Waals surface area (Å²) in [5, 5.41) is 9.60. The van der Waals surface area contributed by atoms with Gasteiger partial charge in [0, 0.05) is 6.07 Å². The molecule has 0 aliphatic heterocycles. The lowest BCUT2D eigenvalue weighted by Gasteiger charge is -1.97. The summed E-state index contributed by atoms with van der Waals surface area (Å²) >= 11 is 3.15. The Hall–Kier alpha value is -2.34. The lowest BCUT2D eigenvalue weighted by atomic mass is 10.2. The number of carbonyl (C=O) groups is 1. The zero-order valence-electron chi connectivity index (χ0n) is 10.3. The van der Waals surface area contributed by atoms with Gasteiger partial charge in [0.2, 0.25) is 0 Å². The smallest absolute Gasteiger partial charge is 0.292 e. The number of aromatic amines is 1. The number of H-pyrrole nitrogens is 1. The van der Waals surface area contributed by atoms with Crippen molar-refractivity contribution in [1.29, 1.82) is 0 Å². The number of hydrogen-bond acceptors (Lipinski definition) is 3. The molecular weight excluding hydrogens is 322 g/mol. The first kappa shape index (κ1) is 12.7. The van der Waals surface area contributed by atoms with Crippen molar-refractivity contribution < 1.29 is 9.21 Å². The van der Waals surface area contributed by atoms with E-state index in [0.717, 1.165) is 11.3 Å². The summed E-state index contributed by atoms with van der Waals surface area (Å²) in [5.41, 5.74) is 1.84. The monoisotopic (exact) mass is 331 g/mol. The highest BCUT2D eigenvalue weighted by Crippen LogP contribution is 2.20. The average Bonchev–Trinajstić information content (AvgIpc) is 3.09. The van der Waals surface area contributed by atoms with Gasteiger partial charge in [0.25, 0.3) is 5.91 Å². The van der Waals surface area contributed by atoms with E-state index < -0.39 is 0 Å². The highest BCUT2D eigenvalue weighted by atomic mass is 79.9. The zero-order valence-corrected chi connectivity index (χ0v) is 11.8.